The number of benzene rings is 1. The van der Waals surface area contributed by atoms with E-state index in [0.717, 1.165) is 42.5 Å². The van der Waals surface area contributed by atoms with E-state index in [1.54, 1.807) is 0 Å². The summed E-state index contributed by atoms with van der Waals surface area (Å²) in [7, 11) is 0. The molecule has 174 valence electrons. The minimum Gasteiger partial charge on any atom is -0.396 e. The highest BCUT2D eigenvalue weighted by molar-refractivity contribution is 5.82. The maximum Gasteiger partial charge on any atom is 0.258 e. The van der Waals surface area contributed by atoms with Crippen LogP contribution in [-0.2, 0) is 17.8 Å². The van der Waals surface area contributed by atoms with Crippen molar-refractivity contribution in [2.45, 2.75) is 51.2 Å². The standard InChI is InChI=1S/C27H33N3O3/c1-2-29-24-21(16-30-23(24)13-12-20(27(30)33)19-10-6-7-11-19)22(17-31)25(29)26(32)28-15-14-18-8-4-3-5-9-18/h3-5,8-10,12-13,21-22,24-25,31H,2,6-7,11,14-17H2,1H3,(H,28,32)/t21-,22-,24+,25-/m0/s1. The smallest absolute Gasteiger partial charge is 0.258 e. The largest absolute Gasteiger partial charge is 0.396 e. The molecule has 3 aliphatic rings. The molecular weight excluding hydrogens is 414 g/mol. The number of amides is 1. The van der Waals surface area contributed by atoms with Crippen molar-refractivity contribution >= 4 is 11.5 Å². The average Bonchev–Trinajstić information content (AvgIpc) is 3.55. The Balaban J connectivity index is 1.37. The summed E-state index contributed by atoms with van der Waals surface area (Å²) in [5.74, 6) is -0.164. The average molecular weight is 448 g/mol. The van der Waals surface area contributed by atoms with Crippen LogP contribution in [0.3, 0.4) is 0 Å². The Bertz CT molecular complexity index is 1110. The topological polar surface area (TPSA) is 74.6 Å². The van der Waals surface area contributed by atoms with Gasteiger partial charge in [0.2, 0.25) is 5.91 Å². The number of hydrogen-bond acceptors (Lipinski definition) is 4. The van der Waals surface area contributed by atoms with Gasteiger partial charge in [-0.3, -0.25) is 14.5 Å². The molecule has 0 bridgehead atoms. The summed E-state index contributed by atoms with van der Waals surface area (Å²) in [4.78, 5) is 28.8. The highest BCUT2D eigenvalue weighted by atomic mass is 16.3. The molecule has 2 aromatic rings. The molecule has 6 heteroatoms. The van der Waals surface area contributed by atoms with Gasteiger partial charge in [0.05, 0.1) is 12.1 Å². The number of likely N-dealkylation sites (N-methyl/N-ethyl adjacent to an activating group) is 1. The molecule has 4 atom stereocenters. The summed E-state index contributed by atoms with van der Waals surface area (Å²) < 4.78 is 1.90. The summed E-state index contributed by atoms with van der Waals surface area (Å²) in [5.41, 5.74) is 4.22. The zero-order chi connectivity index (χ0) is 22.9. The van der Waals surface area contributed by atoms with Crippen LogP contribution in [0.4, 0.5) is 0 Å². The minimum atomic E-state index is -0.383. The number of hydrogen-bond donors (Lipinski definition) is 2. The molecule has 2 N–H and O–H groups in total. The molecule has 1 aromatic heterocycles. The Labute approximate surface area is 194 Å². The molecule has 1 amide bonds. The fraction of sp³-hybridized carbons (Fsp3) is 0.481. The van der Waals surface area contributed by atoms with Gasteiger partial charge in [0.1, 0.15) is 0 Å². The van der Waals surface area contributed by atoms with Crippen LogP contribution in [0.15, 0.2) is 53.3 Å². The third-order valence-electron chi connectivity index (χ3n) is 7.77. The third kappa shape index (κ3) is 3.85. The normalized spacial score (nSPS) is 26.2. The van der Waals surface area contributed by atoms with E-state index in [2.05, 4.69) is 41.4 Å². The Kier molecular flexibility index (Phi) is 6.21. The van der Waals surface area contributed by atoms with Crippen LogP contribution >= 0.6 is 0 Å². The minimum absolute atomic E-state index is 0.0173. The lowest BCUT2D eigenvalue weighted by molar-refractivity contribution is -0.127. The van der Waals surface area contributed by atoms with E-state index in [-0.39, 0.29) is 42.0 Å². The van der Waals surface area contributed by atoms with E-state index in [1.807, 2.05) is 28.8 Å². The predicted molar refractivity (Wildman–Crippen MR) is 129 cm³/mol. The monoisotopic (exact) mass is 447 g/mol. The quantitative estimate of drug-likeness (QED) is 0.685. The zero-order valence-electron chi connectivity index (χ0n) is 19.2. The lowest BCUT2D eigenvalue weighted by atomic mass is 9.88. The van der Waals surface area contributed by atoms with Crippen LogP contribution in [0.2, 0.25) is 0 Å². The maximum atomic E-state index is 13.3. The van der Waals surface area contributed by atoms with Crippen molar-refractivity contribution in [2.24, 2.45) is 11.8 Å². The second kappa shape index (κ2) is 9.27. The van der Waals surface area contributed by atoms with Crippen molar-refractivity contribution in [3.8, 4) is 0 Å². The van der Waals surface area contributed by atoms with Crippen molar-refractivity contribution in [3.63, 3.8) is 0 Å². The zero-order valence-corrected chi connectivity index (χ0v) is 19.2. The molecule has 6 nitrogen and oxygen atoms in total. The molecule has 1 saturated heterocycles. The summed E-state index contributed by atoms with van der Waals surface area (Å²) in [6, 6.07) is 13.8. The van der Waals surface area contributed by atoms with E-state index >= 15 is 0 Å². The Morgan fingerprint density at radius 1 is 1.18 bits per heavy atom. The number of nitrogens with zero attached hydrogens (tertiary/aromatic N) is 2. The number of aliphatic hydroxyl groups excluding tert-OH is 1. The van der Waals surface area contributed by atoms with Crippen LogP contribution in [0.1, 0.15) is 49.0 Å². The molecule has 3 heterocycles. The molecule has 33 heavy (non-hydrogen) atoms. The number of carbonyl (C=O) groups is 1. The highest BCUT2D eigenvalue weighted by Crippen LogP contribution is 2.49. The lowest BCUT2D eigenvalue weighted by Gasteiger charge is -2.29. The number of aromatic nitrogens is 1. The molecular formula is C27H33N3O3. The van der Waals surface area contributed by atoms with Crippen LogP contribution in [0.25, 0.3) is 5.57 Å². The number of pyridine rings is 1. The first-order valence-corrected chi connectivity index (χ1v) is 12.3. The Hall–Kier alpha value is -2.70. The van der Waals surface area contributed by atoms with E-state index in [0.29, 0.717) is 19.6 Å². The number of rotatable bonds is 7. The van der Waals surface area contributed by atoms with Crippen LogP contribution in [-0.4, -0.2) is 46.2 Å². The predicted octanol–water partition coefficient (Wildman–Crippen LogP) is 2.76. The lowest BCUT2D eigenvalue weighted by Crippen LogP contribution is -2.48. The molecule has 2 aliphatic heterocycles. The summed E-state index contributed by atoms with van der Waals surface area (Å²) in [6.07, 6.45) is 6.08. The number of fused-ring (bicyclic) bond motifs is 3. The van der Waals surface area contributed by atoms with Crippen LogP contribution in [0.5, 0.6) is 0 Å². The fourth-order valence-electron chi connectivity index (χ4n) is 6.22. The second-order valence-corrected chi connectivity index (χ2v) is 9.47. The molecule has 0 saturated carbocycles. The van der Waals surface area contributed by atoms with Gasteiger partial charge >= 0.3 is 0 Å². The van der Waals surface area contributed by atoms with Crippen LogP contribution in [0, 0.1) is 11.8 Å². The van der Waals surface area contributed by atoms with Gasteiger partial charge in [-0.05, 0) is 55.5 Å². The van der Waals surface area contributed by atoms with Gasteiger partial charge in [-0.2, -0.15) is 0 Å². The van der Waals surface area contributed by atoms with Crippen molar-refractivity contribution in [1.29, 1.82) is 0 Å². The second-order valence-electron chi connectivity index (χ2n) is 9.47. The Morgan fingerprint density at radius 2 is 2.00 bits per heavy atom. The van der Waals surface area contributed by atoms with Gasteiger partial charge in [-0.1, -0.05) is 43.3 Å². The summed E-state index contributed by atoms with van der Waals surface area (Å²) >= 11 is 0. The first kappa shape index (κ1) is 22.1. The van der Waals surface area contributed by atoms with Gasteiger partial charge in [0.25, 0.3) is 5.56 Å². The fourth-order valence-corrected chi connectivity index (χ4v) is 6.22. The van der Waals surface area contributed by atoms with Gasteiger partial charge in [-0.15, -0.1) is 0 Å². The molecule has 0 radical (unpaired) electrons. The third-order valence-corrected chi connectivity index (χ3v) is 7.77. The van der Waals surface area contributed by atoms with E-state index in [1.165, 1.54) is 5.56 Å². The number of likely N-dealkylation sites (tertiary alicyclic amines) is 1. The Morgan fingerprint density at radius 3 is 2.70 bits per heavy atom. The first-order valence-electron chi connectivity index (χ1n) is 12.3. The van der Waals surface area contributed by atoms with Gasteiger partial charge in [0.15, 0.2) is 0 Å². The number of carbonyl (C=O) groups excluding carboxylic acids is 1. The molecule has 1 aromatic carbocycles. The van der Waals surface area contributed by atoms with E-state index < -0.39 is 0 Å². The molecule has 0 unspecified atom stereocenters. The summed E-state index contributed by atoms with van der Waals surface area (Å²) in [6.45, 7) is 3.82. The number of allylic oxidation sites excluding steroid dienone is 2. The van der Waals surface area contributed by atoms with E-state index in [9.17, 15) is 14.7 Å². The SMILES string of the molecule is CCN1[C@H](C(=O)NCCc2ccccc2)[C@@H](CO)[C@@H]2Cn3c(ccc(C4=CCCC4)c3=O)[C@@H]21. The molecule has 1 fully saturated rings. The van der Waals surface area contributed by atoms with Crippen molar-refractivity contribution in [3.05, 3.63) is 75.7 Å². The van der Waals surface area contributed by atoms with E-state index in [4.69, 9.17) is 0 Å². The van der Waals surface area contributed by atoms with Gasteiger partial charge in [0, 0.05) is 42.8 Å². The maximum absolute atomic E-state index is 13.3. The molecule has 1 aliphatic carbocycles. The van der Waals surface area contributed by atoms with Crippen molar-refractivity contribution in [2.75, 3.05) is 19.7 Å². The summed E-state index contributed by atoms with van der Waals surface area (Å²) in [5, 5.41) is 13.4. The van der Waals surface area contributed by atoms with Crippen molar-refractivity contribution < 1.29 is 9.90 Å². The number of nitrogens with one attached hydrogen (secondary N) is 1. The van der Waals surface area contributed by atoms with Gasteiger partial charge in [-0.25, -0.2) is 0 Å². The molecule has 0 spiro atoms. The van der Waals surface area contributed by atoms with Crippen molar-refractivity contribution in [1.82, 2.24) is 14.8 Å². The van der Waals surface area contributed by atoms with Crippen LogP contribution < -0.4 is 10.9 Å². The molecule has 5 rings (SSSR count). The first-order chi connectivity index (χ1) is 16.1. The van der Waals surface area contributed by atoms with Gasteiger partial charge < -0.3 is 15.0 Å². The number of aliphatic hydroxyl groups is 1. The highest BCUT2D eigenvalue weighted by Gasteiger charge is 2.54.